The highest BCUT2D eigenvalue weighted by Crippen LogP contribution is 2.23. The van der Waals surface area contributed by atoms with Gasteiger partial charge in [0.05, 0.1) is 12.4 Å². The highest BCUT2D eigenvalue weighted by Gasteiger charge is 2.12. The topological polar surface area (TPSA) is 109 Å². The lowest BCUT2D eigenvalue weighted by atomic mass is 10.2. The Kier molecular flexibility index (Phi) is 4.46. The number of carbonyl (C=O) groups excluding carboxylic acids is 1. The molecule has 0 radical (unpaired) electrons. The van der Waals surface area contributed by atoms with Crippen LogP contribution < -0.4 is 16.3 Å². The minimum Gasteiger partial charge on any atom is -0.494 e. The third-order valence-corrected chi connectivity index (χ3v) is 3.40. The van der Waals surface area contributed by atoms with E-state index in [1.807, 2.05) is 31.2 Å². The Labute approximate surface area is 120 Å². The molecule has 2 aromatic rings. The molecule has 0 aliphatic heterocycles. The zero-order valence-electron chi connectivity index (χ0n) is 10.9. The molecular formula is C12H15N5O2S. The van der Waals surface area contributed by atoms with Crippen molar-refractivity contribution in [2.24, 2.45) is 5.73 Å². The van der Waals surface area contributed by atoms with Crippen LogP contribution in [-0.2, 0) is 4.79 Å². The van der Waals surface area contributed by atoms with Crippen LogP contribution in [0.15, 0.2) is 29.4 Å². The Bertz CT molecular complexity index is 596. The summed E-state index contributed by atoms with van der Waals surface area (Å²) in [6.45, 7) is 2.53. The fourth-order valence-electron chi connectivity index (χ4n) is 1.57. The van der Waals surface area contributed by atoms with Crippen LogP contribution in [0.5, 0.6) is 5.75 Å². The largest absolute Gasteiger partial charge is 0.494 e. The van der Waals surface area contributed by atoms with Gasteiger partial charge in [-0.25, -0.2) is 4.68 Å². The summed E-state index contributed by atoms with van der Waals surface area (Å²) in [7, 11) is 0. The van der Waals surface area contributed by atoms with Crippen LogP contribution in [0.3, 0.4) is 0 Å². The van der Waals surface area contributed by atoms with Crippen LogP contribution in [0, 0.1) is 0 Å². The van der Waals surface area contributed by atoms with E-state index in [0.717, 1.165) is 23.1 Å². The maximum absolute atomic E-state index is 10.7. The van der Waals surface area contributed by atoms with E-state index in [4.69, 9.17) is 16.3 Å². The molecular weight excluding hydrogens is 278 g/mol. The standard InChI is InChI=1S/C12H15N5O2S/c1-2-19-9-5-3-8(4-6-9)11-15-16-12(17(11)14)20-7-10(13)18/h3-6H,2,7,14H2,1H3,(H2,13,18). The van der Waals surface area contributed by atoms with Crippen molar-refractivity contribution in [3.05, 3.63) is 24.3 Å². The molecule has 0 saturated heterocycles. The molecule has 0 spiro atoms. The molecule has 0 saturated carbocycles. The predicted molar refractivity (Wildman–Crippen MR) is 76.7 cm³/mol. The number of ether oxygens (including phenoxy) is 1. The van der Waals surface area contributed by atoms with Gasteiger partial charge in [0.2, 0.25) is 11.1 Å². The summed E-state index contributed by atoms with van der Waals surface area (Å²) < 4.78 is 6.70. The zero-order chi connectivity index (χ0) is 14.5. The molecule has 1 aromatic carbocycles. The van der Waals surface area contributed by atoms with E-state index in [0.29, 0.717) is 17.6 Å². The van der Waals surface area contributed by atoms with E-state index >= 15 is 0 Å². The number of carbonyl (C=O) groups is 1. The van der Waals surface area contributed by atoms with Gasteiger partial charge in [0.1, 0.15) is 5.75 Å². The molecule has 0 aliphatic rings. The van der Waals surface area contributed by atoms with E-state index in [1.165, 1.54) is 4.68 Å². The van der Waals surface area contributed by atoms with Crippen molar-refractivity contribution in [1.29, 1.82) is 0 Å². The molecule has 7 nitrogen and oxygen atoms in total. The maximum Gasteiger partial charge on any atom is 0.227 e. The number of benzene rings is 1. The van der Waals surface area contributed by atoms with Gasteiger partial charge in [-0.1, -0.05) is 11.8 Å². The van der Waals surface area contributed by atoms with Crippen molar-refractivity contribution >= 4 is 17.7 Å². The summed E-state index contributed by atoms with van der Waals surface area (Å²) in [5.74, 6) is 6.88. The fourth-order valence-corrected chi connectivity index (χ4v) is 2.17. The normalized spacial score (nSPS) is 10.4. The third kappa shape index (κ3) is 3.21. The molecule has 1 amide bonds. The highest BCUT2D eigenvalue weighted by molar-refractivity contribution is 7.99. The van der Waals surface area contributed by atoms with Crippen molar-refractivity contribution < 1.29 is 9.53 Å². The summed E-state index contributed by atoms with van der Waals surface area (Å²) >= 11 is 1.15. The van der Waals surface area contributed by atoms with Crippen LogP contribution >= 0.6 is 11.8 Å². The summed E-state index contributed by atoms with van der Waals surface area (Å²) in [5.41, 5.74) is 5.90. The number of amides is 1. The fraction of sp³-hybridized carbons (Fsp3) is 0.250. The van der Waals surface area contributed by atoms with Gasteiger partial charge in [-0.2, -0.15) is 0 Å². The second-order valence-electron chi connectivity index (χ2n) is 3.89. The van der Waals surface area contributed by atoms with Gasteiger partial charge in [-0.05, 0) is 31.2 Å². The minimum absolute atomic E-state index is 0.110. The van der Waals surface area contributed by atoms with Gasteiger partial charge >= 0.3 is 0 Å². The van der Waals surface area contributed by atoms with Crippen molar-refractivity contribution in [1.82, 2.24) is 14.9 Å². The number of nitrogens with zero attached hydrogens (tertiary/aromatic N) is 3. The number of hydrogen-bond donors (Lipinski definition) is 2. The molecule has 0 unspecified atom stereocenters. The second kappa shape index (κ2) is 6.29. The summed E-state index contributed by atoms with van der Waals surface area (Å²) in [4.78, 5) is 10.7. The molecule has 1 aromatic heterocycles. The Morgan fingerprint density at radius 3 is 2.65 bits per heavy atom. The monoisotopic (exact) mass is 293 g/mol. The van der Waals surface area contributed by atoms with Crippen LogP contribution in [0.25, 0.3) is 11.4 Å². The summed E-state index contributed by atoms with van der Waals surface area (Å²) in [6, 6.07) is 7.37. The minimum atomic E-state index is -0.430. The lowest BCUT2D eigenvalue weighted by molar-refractivity contribution is -0.115. The first kappa shape index (κ1) is 14.2. The van der Waals surface area contributed by atoms with Crippen molar-refractivity contribution in [2.75, 3.05) is 18.2 Å². The van der Waals surface area contributed by atoms with E-state index in [2.05, 4.69) is 10.2 Å². The zero-order valence-corrected chi connectivity index (χ0v) is 11.8. The molecule has 1 heterocycles. The SMILES string of the molecule is CCOc1ccc(-c2nnc(SCC(N)=O)n2N)cc1. The van der Waals surface area contributed by atoms with Gasteiger partial charge in [0, 0.05) is 5.56 Å². The lowest BCUT2D eigenvalue weighted by Crippen LogP contribution is -2.16. The molecule has 106 valence electrons. The predicted octanol–water partition coefficient (Wildman–Crippen LogP) is 0.635. The van der Waals surface area contributed by atoms with Crippen LogP contribution in [-0.4, -0.2) is 33.1 Å². The number of primary amides is 1. The number of nitrogen functional groups attached to an aromatic ring is 1. The number of nitrogens with two attached hydrogens (primary N) is 2. The lowest BCUT2D eigenvalue weighted by Gasteiger charge is -2.05. The number of thioether (sulfide) groups is 1. The van der Waals surface area contributed by atoms with E-state index in [9.17, 15) is 4.79 Å². The molecule has 2 rings (SSSR count). The summed E-state index contributed by atoms with van der Waals surface area (Å²) in [5, 5.41) is 8.39. The first-order chi connectivity index (χ1) is 9.61. The Morgan fingerprint density at radius 2 is 2.05 bits per heavy atom. The van der Waals surface area contributed by atoms with E-state index < -0.39 is 5.91 Å². The molecule has 4 N–H and O–H groups in total. The van der Waals surface area contributed by atoms with Crippen LogP contribution in [0.4, 0.5) is 0 Å². The van der Waals surface area contributed by atoms with E-state index in [-0.39, 0.29) is 5.75 Å². The molecule has 0 fully saturated rings. The summed E-state index contributed by atoms with van der Waals surface area (Å²) in [6.07, 6.45) is 0. The highest BCUT2D eigenvalue weighted by atomic mass is 32.2. The second-order valence-corrected chi connectivity index (χ2v) is 4.83. The smallest absolute Gasteiger partial charge is 0.227 e. The first-order valence-corrected chi connectivity index (χ1v) is 6.95. The number of rotatable bonds is 6. The van der Waals surface area contributed by atoms with Gasteiger partial charge in [-0.15, -0.1) is 10.2 Å². The number of hydrogen-bond acceptors (Lipinski definition) is 6. The van der Waals surface area contributed by atoms with Gasteiger partial charge in [0.15, 0.2) is 5.82 Å². The Morgan fingerprint density at radius 1 is 1.35 bits per heavy atom. The average molecular weight is 293 g/mol. The molecule has 8 heteroatoms. The van der Waals surface area contributed by atoms with Crippen molar-refractivity contribution in [2.45, 2.75) is 12.1 Å². The number of aromatic nitrogens is 3. The Hall–Kier alpha value is -2.22. The van der Waals surface area contributed by atoms with Gasteiger partial charge in [0.25, 0.3) is 0 Å². The van der Waals surface area contributed by atoms with Crippen molar-refractivity contribution in [3.8, 4) is 17.1 Å². The third-order valence-electron chi connectivity index (χ3n) is 2.43. The van der Waals surface area contributed by atoms with Crippen LogP contribution in [0.2, 0.25) is 0 Å². The van der Waals surface area contributed by atoms with Crippen LogP contribution in [0.1, 0.15) is 6.92 Å². The molecule has 0 bridgehead atoms. The quantitative estimate of drug-likeness (QED) is 0.597. The molecule has 0 atom stereocenters. The van der Waals surface area contributed by atoms with Gasteiger partial charge < -0.3 is 16.3 Å². The Balaban J connectivity index is 2.18. The first-order valence-electron chi connectivity index (χ1n) is 5.96. The maximum atomic E-state index is 10.7. The van der Waals surface area contributed by atoms with E-state index in [1.54, 1.807) is 0 Å². The molecule has 0 aliphatic carbocycles. The average Bonchev–Trinajstić information content (AvgIpc) is 2.79. The van der Waals surface area contributed by atoms with Gasteiger partial charge in [-0.3, -0.25) is 4.79 Å². The molecule has 20 heavy (non-hydrogen) atoms. The van der Waals surface area contributed by atoms with Crippen molar-refractivity contribution in [3.63, 3.8) is 0 Å².